The minimum absolute atomic E-state index is 0.0266. The van der Waals surface area contributed by atoms with Crippen LogP contribution in [-0.2, 0) is 14.3 Å². The molecule has 2 unspecified atom stereocenters. The predicted octanol–water partition coefficient (Wildman–Crippen LogP) is 16.1. The van der Waals surface area contributed by atoms with Crippen molar-refractivity contribution in [3.8, 4) is 0 Å². The molecule has 0 rings (SSSR count). The van der Waals surface area contributed by atoms with Crippen molar-refractivity contribution in [2.45, 2.75) is 272 Å². The van der Waals surface area contributed by atoms with Crippen molar-refractivity contribution >= 4 is 11.8 Å². The molecule has 346 valence electrons. The zero-order valence-corrected chi connectivity index (χ0v) is 40.7. The SMILES string of the molecule is CCCCCCCCC(CCCCCC)CCC(=O)CCCCCCCN(CCCCCCCC(=O)OCC(CCCCCC)CCCCCCCC)CCN(C)C. The van der Waals surface area contributed by atoms with Gasteiger partial charge in [-0.15, -0.1) is 0 Å². The standard InChI is InChI=1S/C53H106N2O3/c1-7-11-15-19-23-31-38-50(37-29-17-13-9-3)43-44-52(56)41-33-25-21-27-35-45-55(48-47-54(5)6)46-36-28-22-26-34-42-53(57)58-49-51(39-30-18-14-10-4)40-32-24-20-16-12-8-2/h50-51H,7-49H2,1-6H3. The van der Waals surface area contributed by atoms with E-state index < -0.39 is 0 Å². The van der Waals surface area contributed by atoms with Crippen LogP contribution in [-0.4, -0.2) is 68.4 Å². The molecule has 0 fully saturated rings. The fraction of sp³-hybridized carbons (Fsp3) is 0.962. The van der Waals surface area contributed by atoms with Crippen molar-refractivity contribution in [2.24, 2.45) is 11.8 Å². The molecular weight excluding hydrogens is 713 g/mol. The average Bonchev–Trinajstić information content (AvgIpc) is 3.21. The van der Waals surface area contributed by atoms with Crippen molar-refractivity contribution in [3.05, 3.63) is 0 Å². The lowest BCUT2D eigenvalue weighted by atomic mass is 9.89. The number of nitrogens with zero attached hydrogens (tertiary/aromatic N) is 2. The summed E-state index contributed by atoms with van der Waals surface area (Å²) in [6.07, 6.45) is 47.2. The number of carbonyl (C=O) groups is 2. The molecule has 0 aliphatic carbocycles. The lowest BCUT2D eigenvalue weighted by Gasteiger charge is -2.24. The summed E-state index contributed by atoms with van der Waals surface area (Å²) in [4.78, 5) is 30.4. The van der Waals surface area contributed by atoms with Crippen LogP contribution in [0.1, 0.15) is 272 Å². The van der Waals surface area contributed by atoms with Crippen molar-refractivity contribution in [1.82, 2.24) is 9.80 Å². The Morgan fingerprint density at radius 1 is 0.379 bits per heavy atom. The Bertz CT molecular complexity index is 785. The number of Topliss-reactive ketones (excluding diaryl/α,β-unsaturated/α-hetero) is 1. The number of ketones is 1. The number of likely N-dealkylation sites (N-methyl/N-ethyl adjacent to an activating group) is 1. The maximum atomic E-state index is 12.8. The molecule has 0 bridgehead atoms. The second-order valence-electron chi connectivity index (χ2n) is 19.0. The number of rotatable bonds is 48. The molecule has 0 aromatic carbocycles. The monoisotopic (exact) mass is 819 g/mol. The first-order valence-electron chi connectivity index (χ1n) is 26.4. The molecule has 58 heavy (non-hydrogen) atoms. The second kappa shape index (κ2) is 45.6. The molecular formula is C53H106N2O3. The Morgan fingerprint density at radius 3 is 1.22 bits per heavy atom. The molecule has 0 radical (unpaired) electrons. The summed E-state index contributed by atoms with van der Waals surface area (Å²) >= 11 is 0. The lowest BCUT2D eigenvalue weighted by Crippen LogP contribution is -2.33. The van der Waals surface area contributed by atoms with Gasteiger partial charge in [-0.1, -0.05) is 207 Å². The molecule has 0 aromatic rings. The van der Waals surface area contributed by atoms with E-state index in [9.17, 15) is 9.59 Å². The van der Waals surface area contributed by atoms with Gasteiger partial charge in [-0.3, -0.25) is 9.59 Å². The first-order chi connectivity index (χ1) is 28.4. The summed E-state index contributed by atoms with van der Waals surface area (Å²) in [5.41, 5.74) is 0. The maximum Gasteiger partial charge on any atom is 0.305 e. The van der Waals surface area contributed by atoms with Crippen molar-refractivity contribution in [3.63, 3.8) is 0 Å². The van der Waals surface area contributed by atoms with Gasteiger partial charge in [0, 0.05) is 32.4 Å². The maximum absolute atomic E-state index is 12.8. The normalized spacial score (nSPS) is 12.8. The van der Waals surface area contributed by atoms with Crippen molar-refractivity contribution in [1.29, 1.82) is 0 Å². The van der Waals surface area contributed by atoms with Gasteiger partial charge >= 0.3 is 5.97 Å². The first-order valence-corrected chi connectivity index (χ1v) is 26.4. The number of carbonyl (C=O) groups excluding carboxylic acids is 2. The molecule has 0 spiro atoms. The van der Waals surface area contributed by atoms with Gasteiger partial charge in [0.1, 0.15) is 5.78 Å². The van der Waals surface area contributed by atoms with Crippen LogP contribution in [0.5, 0.6) is 0 Å². The number of ether oxygens (including phenoxy) is 1. The topological polar surface area (TPSA) is 49.9 Å². The summed E-state index contributed by atoms with van der Waals surface area (Å²) in [6, 6.07) is 0. The molecule has 0 aliphatic heterocycles. The van der Waals surface area contributed by atoms with Gasteiger partial charge in [-0.2, -0.15) is 0 Å². The van der Waals surface area contributed by atoms with Crippen LogP contribution in [0.25, 0.3) is 0 Å². The molecule has 5 nitrogen and oxygen atoms in total. The summed E-state index contributed by atoms with van der Waals surface area (Å²) in [5, 5.41) is 0. The number of unbranched alkanes of at least 4 members (excludes halogenated alkanes) is 24. The van der Waals surface area contributed by atoms with Gasteiger partial charge in [0.2, 0.25) is 0 Å². The summed E-state index contributed by atoms with van der Waals surface area (Å²) in [7, 11) is 4.36. The third kappa shape index (κ3) is 41.8. The summed E-state index contributed by atoms with van der Waals surface area (Å²) in [6.45, 7) is 14.4. The largest absolute Gasteiger partial charge is 0.465 e. The highest BCUT2D eigenvalue weighted by Gasteiger charge is 2.14. The lowest BCUT2D eigenvalue weighted by molar-refractivity contribution is -0.145. The smallest absolute Gasteiger partial charge is 0.305 e. The molecule has 0 saturated carbocycles. The summed E-state index contributed by atoms with van der Waals surface area (Å²) in [5.74, 6) is 1.87. The Labute approximate surface area is 365 Å². The van der Waals surface area contributed by atoms with E-state index in [0.717, 1.165) is 57.5 Å². The van der Waals surface area contributed by atoms with Gasteiger partial charge < -0.3 is 14.5 Å². The van der Waals surface area contributed by atoms with Crippen LogP contribution in [0.2, 0.25) is 0 Å². The molecule has 2 atom stereocenters. The fourth-order valence-electron chi connectivity index (χ4n) is 8.66. The van der Waals surface area contributed by atoms with E-state index in [1.54, 1.807) is 0 Å². The van der Waals surface area contributed by atoms with Gasteiger partial charge in [0.25, 0.3) is 0 Å². The minimum atomic E-state index is 0.0266. The molecule has 0 saturated heterocycles. The van der Waals surface area contributed by atoms with E-state index >= 15 is 0 Å². The predicted molar refractivity (Wildman–Crippen MR) is 256 cm³/mol. The Kier molecular flexibility index (Phi) is 44.8. The Morgan fingerprint density at radius 2 is 0.759 bits per heavy atom. The fourth-order valence-corrected chi connectivity index (χ4v) is 8.66. The van der Waals surface area contributed by atoms with Crippen LogP contribution in [0.3, 0.4) is 0 Å². The van der Waals surface area contributed by atoms with Crippen molar-refractivity contribution in [2.75, 3.05) is 46.9 Å². The molecule has 0 N–H and O–H groups in total. The molecule has 0 amide bonds. The molecule has 0 aromatic heterocycles. The zero-order valence-electron chi connectivity index (χ0n) is 40.7. The minimum Gasteiger partial charge on any atom is -0.465 e. The molecule has 5 heteroatoms. The highest BCUT2D eigenvalue weighted by molar-refractivity contribution is 5.78. The van der Waals surface area contributed by atoms with Gasteiger partial charge in [0.15, 0.2) is 0 Å². The highest BCUT2D eigenvalue weighted by atomic mass is 16.5. The van der Waals surface area contributed by atoms with Crippen molar-refractivity contribution < 1.29 is 14.3 Å². The highest BCUT2D eigenvalue weighted by Crippen LogP contribution is 2.24. The Balaban J connectivity index is 4.23. The van der Waals surface area contributed by atoms with E-state index in [1.165, 1.54) is 212 Å². The number of esters is 1. The van der Waals surface area contributed by atoms with E-state index in [4.69, 9.17) is 4.74 Å². The first kappa shape index (κ1) is 57.1. The van der Waals surface area contributed by atoms with Crippen LogP contribution >= 0.6 is 0 Å². The summed E-state index contributed by atoms with van der Waals surface area (Å²) < 4.78 is 5.83. The van der Waals surface area contributed by atoms with E-state index in [-0.39, 0.29) is 5.97 Å². The second-order valence-corrected chi connectivity index (χ2v) is 19.0. The number of hydrogen-bond donors (Lipinski definition) is 0. The molecule has 0 aliphatic rings. The van der Waals surface area contributed by atoms with Crippen LogP contribution in [0.15, 0.2) is 0 Å². The van der Waals surface area contributed by atoms with Gasteiger partial charge in [-0.25, -0.2) is 0 Å². The Hall–Kier alpha value is -0.940. The third-order valence-corrected chi connectivity index (χ3v) is 12.8. The molecule has 0 heterocycles. The van der Waals surface area contributed by atoms with Gasteiger partial charge in [0.05, 0.1) is 6.61 Å². The van der Waals surface area contributed by atoms with E-state index in [1.807, 2.05) is 0 Å². The third-order valence-electron chi connectivity index (χ3n) is 12.8. The number of hydrogen-bond acceptors (Lipinski definition) is 5. The van der Waals surface area contributed by atoms with Crippen LogP contribution < -0.4 is 0 Å². The zero-order chi connectivity index (χ0) is 42.6. The van der Waals surface area contributed by atoms with E-state index in [2.05, 4.69) is 51.6 Å². The van der Waals surface area contributed by atoms with Crippen LogP contribution in [0, 0.1) is 11.8 Å². The average molecular weight is 819 g/mol. The van der Waals surface area contributed by atoms with Gasteiger partial charge in [-0.05, 0) is 84.0 Å². The quantitative estimate of drug-likeness (QED) is 0.0452. The van der Waals surface area contributed by atoms with Crippen LogP contribution in [0.4, 0.5) is 0 Å². The van der Waals surface area contributed by atoms with E-state index in [0.29, 0.717) is 24.7 Å².